The first-order valence-electron chi connectivity index (χ1n) is 7.19. The molecule has 0 spiro atoms. The molecule has 2 N–H and O–H groups in total. The van der Waals surface area contributed by atoms with E-state index in [9.17, 15) is 14.4 Å². The summed E-state index contributed by atoms with van der Waals surface area (Å²) in [5, 5.41) is 7.59. The van der Waals surface area contributed by atoms with Crippen molar-refractivity contribution >= 4 is 39.8 Å². The van der Waals surface area contributed by atoms with Crippen LogP contribution in [0.25, 0.3) is 0 Å². The smallest absolute Gasteiger partial charge is 0.253 e. The van der Waals surface area contributed by atoms with Crippen molar-refractivity contribution in [1.29, 1.82) is 0 Å². The van der Waals surface area contributed by atoms with E-state index in [-0.39, 0.29) is 17.3 Å². The third kappa shape index (κ3) is 4.85. The van der Waals surface area contributed by atoms with Gasteiger partial charge in [0.05, 0.1) is 5.69 Å². The van der Waals surface area contributed by atoms with Crippen LogP contribution in [-0.2, 0) is 9.59 Å². The van der Waals surface area contributed by atoms with Gasteiger partial charge in [-0.3, -0.25) is 19.7 Å². The lowest BCUT2D eigenvalue weighted by Gasteiger charge is -2.05. The SMILES string of the molecule is CC(=O)c1ccc(NC(=O)/C=C(/C)C(=O)Nc2nc(C)cs2)cc1. The van der Waals surface area contributed by atoms with Gasteiger partial charge in [-0.05, 0) is 45.0 Å². The van der Waals surface area contributed by atoms with Crippen LogP contribution >= 0.6 is 11.3 Å². The van der Waals surface area contributed by atoms with Gasteiger partial charge in [0, 0.05) is 28.3 Å². The van der Waals surface area contributed by atoms with Gasteiger partial charge in [0.2, 0.25) is 5.91 Å². The van der Waals surface area contributed by atoms with Crippen molar-refractivity contribution in [2.75, 3.05) is 10.6 Å². The number of Topliss-reactive ketones (excluding diaryl/α,β-unsaturated/α-hetero) is 1. The molecule has 124 valence electrons. The van der Waals surface area contributed by atoms with Crippen LogP contribution in [0.1, 0.15) is 29.9 Å². The van der Waals surface area contributed by atoms with Crippen LogP contribution < -0.4 is 10.6 Å². The molecule has 0 aliphatic heterocycles. The predicted octanol–water partition coefficient (Wildman–Crippen LogP) is 3.18. The second kappa shape index (κ2) is 7.65. The van der Waals surface area contributed by atoms with Gasteiger partial charge in [-0.15, -0.1) is 11.3 Å². The maximum Gasteiger partial charge on any atom is 0.253 e. The summed E-state index contributed by atoms with van der Waals surface area (Å²) in [7, 11) is 0. The molecule has 2 aromatic rings. The molecule has 0 radical (unpaired) electrons. The number of thiazole rings is 1. The zero-order chi connectivity index (χ0) is 17.7. The Balaban J connectivity index is 1.97. The van der Waals surface area contributed by atoms with E-state index in [4.69, 9.17) is 0 Å². The first-order chi connectivity index (χ1) is 11.3. The Morgan fingerprint density at radius 1 is 1.08 bits per heavy atom. The Morgan fingerprint density at radius 2 is 1.75 bits per heavy atom. The summed E-state index contributed by atoms with van der Waals surface area (Å²) in [6.45, 7) is 4.86. The highest BCUT2D eigenvalue weighted by molar-refractivity contribution is 7.13. The van der Waals surface area contributed by atoms with Crippen molar-refractivity contribution in [3.63, 3.8) is 0 Å². The second-order valence-corrected chi connectivity index (χ2v) is 6.06. The number of ketones is 1. The molecule has 0 aliphatic rings. The van der Waals surface area contributed by atoms with Crippen molar-refractivity contribution in [3.05, 3.63) is 52.6 Å². The lowest BCUT2D eigenvalue weighted by molar-refractivity contribution is -0.114. The minimum absolute atomic E-state index is 0.0438. The number of benzene rings is 1. The van der Waals surface area contributed by atoms with Gasteiger partial charge in [-0.1, -0.05) is 0 Å². The second-order valence-electron chi connectivity index (χ2n) is 5.20. The summed E-state index contributed by atoms with van der Waals surface area (Å²) >= 11 is 1.32. The van der Waals surface area contributed by atoms with Gasteiger partial charge in [0.15, 0.2) is 10.9 Å². The fourth-order valence-corrected chi connectivity index (χ4v) is 2.52. The molecule has 0 aliphatic carbocycles. The topological polar surface area (TPSA) is 88.2 Å². The Bertz CT molecular complexity index is 807. The average Bonchev–Trinajstić information content (AvgIpc) is 2.92. The minimum atomic E-state index is -0.423. The Morgan fingerprint density at radius 3 is 2.29 bits per heavy atom. The zero-order valence-corrected chi connectivity index (χ0v) is 14.4. The van der Waals surface area contributed by atoms with E-state index >= 15 is 0 Å². The number of aryl methyl sites for hydroxylation is 1. The maximum atomic E-state index is 12.0. The predicted molar refractivity (Wildman–Crippen MR) is 94.3 cm³/mol. The molecule has 7 heteroatoms. The number of anilines is 2. The van der Waals surface area contributed by atoms with Crippen molar-refractivity contribution in [2.24, 2.45) is 0 Å². The van der Waals surface area contributed by atoms with E-state index in [0.717, 1.165) is 5.69 Å². The van der Waals surface area contributed by atoms with Gasteiger partial charge in [0.25, 0.3) is 5.91 Å². The van der Waals surface area contributed by atoms with Crippen molar-refractivity contribution in [2.45, 2.75) is 20.8 Å². The van der Waals surface area contributed by atoms with Crippen LogP contribution in [0.15, 0.2) is 41.3 Å². The van der Waals surface area contributed by atoms with E-state index in [1.807, 2.05) is 12.3 Å². The molecule has 6 nitrogen and oxygen atoms in total. The number of carbonyl (C=O) groups is 3. The largest absolute Gasteiger partial charge is 0.323 e. The Hall–Kier alpha value is -2.80. The first-order valence-corrected chi connectivity index (χ1v) is 8.07. The number of aromatic nitrogens is 1. The zero-order valence-electron chi connectivity index (χ0n) is 13.5. The standard InChI is InChI=1S/C17H17N3O3S/c1-10(16(23)20-17-18-11(2)9-24-17)8-15(22)19-14-6-4-13(5-7-14)12(3)21/h4-9H,1-3H3,(H,19,22)(H,18,20,23)/b10-8-. The molecule has 0 unspecified atom stereocenters. The molecule has 1 aromatic heterocycles. The van der Waals surface area contributed by atoms with E-state index in [1.165, 1.54) is 24.3 Å². The molecular weight excluding hydrogens is 326 g/mol. The van der Waals surface area contributed by atoms with Gasteiger partial charge in [-0.25, -0.2) is 4.98 Å². The number of hydrogen-bond donors (Lipinski definition) is 2. The molecule has 2 rings (SSSR count). The van der Waals surface area contributed by atoms with Crippen molar-refractivity contribution < 1.29 is 14.4 Å². The van der Waals surface area contributed by atoms with Gasteiger partial charge in [-0.2, -0.15) is 0 Å². The van der Waals surface area contributed by atoms with Crippen LogP contribution in [0.4, 0.5) is 10.8 Å². The van der Waals surface area contributed by atoms with Gasteiger partial charge >= 0.3 is 0 Å². The van der Waals surface area contributed by atoms with Crippen molar-refractivity contribution in [3.8, 4) is 0 Å². The normalized spacial score (nSPS) is 11.0. The quantitative estimate of drug-likeness (QED) is 0.645. The van der Waals surface area contributed by atoms with Crippen LogP contribution in [0.2, 0.25) is 0 Å². The molecule has 0 bridgehead atoms. The molecule has 0 atom stereocenters. The third-order valence-electron chi connectivity index (χ3n) is 3.10. The molecule has 0 fully saturated rings. The number of amides is 2. The monoisotopic (exact) mass is 343 g/mol. The molecule has 24 heavy (non-hydrogen) atoms. The Kier molecular flexibility index (Phi) is 5.59. The highest BCUT2D eigenvalue weighted by atomic mass is 32.1. The minimum Gasteiger partial charge on any atom is -0.323 e. The van der Waals surface area contributed by atoms with E-state index in [1.54, 1.807) is 31.2 Å². The van der Waals surface area contributed by atoms with Crippen LogP contribution in [0, 0.1) is 6.92 Å². The van der Waals surface area contributed by atoms with Crippen molar-refractivity contribution in [1.82, 2.24) is 4.98 Å². The molecular formula is C17H17N3O3S. The highest BCUT2D eigenvalue weighted by Crippen LogP contribution is 2.15. The maximum absolute atomic E-state index is 12.0. The lowest BCUT2D eigenvalue weighted by Crippen LogP contribution is -2.16. The van der Waals surface area contributed by atoms with Crippen LogP contribution in [-0.4, -0.2) is 22.6 Å². The highest BCUT2D eigenvalue weighted by Gasteiger charge is 2.09. The summed E-state index contributed by atoms with van der Waals surface area (Å²) in [6.07, 6.45) is 1.22. The fraction of sp³-hybridized carbons (Fsp3) is 0.176. The average molecular weight is 343 g/mol. The van der Waals surface area contributed by atoms with Crippen LogP contribution in [0.3, 0.4) is 0 Å². The summed E-state index contributed by atoms with van der Waals surface area (Å²) in [5.41, 5.74) is 2.20. The molecule has 2 amide bonds. The molecule has 1 heterocycles. The first kappa shape index (κ1) is 17.6. The fourth-order valence-electron chi connectivity index (χ4n) is 1.84. The summed E-state index contributed by atoms with van der Waals surface area (Å²) < 4.78 is 0. The number of hydrogen-bond acceptors (Lipinski definition) is 5. The lowest BCUT2D eigenvalue weighted by atomic mass is 10.1. The third-order valence-corrected chi connectivity index (χ3v) is 3.98. The molecule has 1 aromatic carbocycles. The molecule has 0 saturated heterocycles. The summed E-state index contributed by atoms with van der Waals surface area (Å²) in [6, 6.07) is 6.53. The van der Waals surface area contributed by atoms with Gasteiger partial charge in [0.1, 0.15) is 0 Å². The Labute approximate surface area is 143 Å². The summed E-state index contributed by atoms with van der Waals surface area (Å²) in [4.78, 5) is 39.3. The number of nitrogens with one attached hydrogen (secondary N) is 2. The number of rotatable bonds is 5. The number of carbonyl (C=O) groups excluding carboxylic acids is 3. The van der Waals surface area contributed by atoms with E-state index < -0.39 is 5.91 Å². The summed E-state index contributed by atoms with van der Waals surface area (Å²) in [5.74, 6) is -0.849. The molecule has 0 saturated carbocycles. The van der Waals surface area contributed by atoms with E-state index in [2.05, 4.69) is 15.6 Å². The van der Waals surface area contributed by atoms with E-state index in [0.29, 0.717) is 16.4 Å². The van der Waals surface area contributed by atoms with Gasteiger partial charge < -0.3 is 5.32 Å². The number of nitrogens with zero attached hydrogens (tertiary/aromatic N) is 1. The van der Waals surface area contributed by atoms with Crippen LogP contribution in [0.5, 0.6) is 0 Å².